The Morgan fingerprint density at radius 2 is 0.759 bits per heavy atom. The molecule has 0 unspecified atom stereocenters. The molecule has 58 heavy (non-hydrogen) atoms. The van der Waals surface area contributed by atoms with Gasteiger partial charge in [-0.3, -0.25) is 0 Å². The van der Waals surface area contributed by atoms with E-state index in [1.807, 2.05) is 90.6 Å². The molecule has 1 spiro atoms. The summed E-state index contributed by atoms with van der Waals surface area (Å²) >= 11 is 1.83. The summed E-state index contributed by atoms with van der Waals surface area (Å²) in [5.74, 6) is 1.88. The highest BCUT2D eigenvalue weighted by atomic mass is 32.2. The molecule has 1 aliphatic carbocycles. The topological polar surface area (TPSA) is 62.5 Å². The van der Waals surface area contributed by atoms with E-state index in [-0.39, 0.29) is 0 Å². The maximum Gasteiger partial charge on any atom is 0.164 e. The second-order valence-corrected chi connectivity index (χ2v) is 15.6. The molecule has 0 atom stereocenters. The van der Waals surface area contributed by atoms with Gasteiger partial charge in [0.05, 0.1) is 17.0 Å². The summed E-state index contributed by atoms with van der Waals surface area (Å²) < 4.78 is 0. The van der Waals surface area contributed by atoms with E-state index in [9.17, 15) is 5.26 Å². The van der Waals surface area contributed by atoms with Crippen molar-refractivity contribution in [2.24, 2.45) is 0 Å². The summed E-state index contributed by atoms with van der Waals surface area (Å²) in [4.78, 5) is 17.5. The van der Waals surface area contributed by atoms with Crippen LogP contribution in [0, 0.1) is 11.3 Å². The van der Waals surface area contributed by atoms with Crippen molar-refractivity contribution < 1.29 is 0 Å². The van der Waals surface area contributed by atoms with Crippen molar-refractivity contribution in [3.8, 4) is 73.6 Å². The summed E-state index contributed by atoms with van der Waals surface area (Å²) in [7, 11) is 0. The average Bonchev–Trinajstić information content (AvgIpc) is 3.60. The minimum atomic E-state index is -0.567. The normalized spacial score (nSPS) is 12.9. The quantitative estimate of drug-likeness (QED) is 0.175. The molecule has 270 valence electrons. The van der Waals surface area contributed by atoms with Crippen molar-refractivity contribution in [1.29, 1.82) is 5.26 Å². The van der Waals surface area contributed by atoms with Crippen LogP contribution in [-0.2, 0) is 5.41 Å². The number of nitriles is 1. The van der Waals surface area contributed by atoms with Crippen LogP contribution in [0.1, 0.15) is 27.8 Å². The lowest BCUT2D eigenvalue weighted by molar-refractivity contribution is 0.724. The highest BCUT2D eigenvalue weighted by Gasteiger charge is 2.51. The summed E-state index contributed by atoms with van der Waals surface area (Å²) in [6.07, 6.45) is 0. The highest BCUT2D eigenvalue weighted by Crippen LogP contribution is 2.64. The minimum absolute atomic E-state index is 0.567. The van der Waals surface area contributed by atoms with Crippen molar-refractivity contribution in [3.63, 3.8) is 0 Å². The average molecular weight is 757 g/mol. The third kappa shape index (κ3) is 5.27. The second-order valence-electron chi connectivity index (χ2n) is 14.6. The van der Waals surface area contributed by atoms with Gasteiger partial charge in [0.25, 0.3) is 0 Å². The van der Waals surface area contributed by atoms with Crippen molar-refractivity contribution in [2.75, 3.05) is 0 Å². The fourth-order valence-electron chi connectivity index (χ4n) is 8.92. The van der Waals surface area contributed by atoms with Gasteiger partial charge in [0.2, 0.25) is 0 Å². The molecule has 0 N–H and O–H groups in total. The molecule has 0 radical (unpaired) electrons. The van der Waals surface area contributed by atoms with Gasteiger partial charge in [-0.15, -0.1) is 0 Å². The van der Waals surface area contributed by atoms with E-state index in [0.717, 1.165) is 38.9 Å². The summed E-state index contributed by atoms with van der Waals surface area (Å²) in [6, 6.07) is 70.4. The fraction of sp³-hybridized carbons (Fsp3) is 0.0189. The Labute approximate surface area is 341 Å². The second kappa shape index (κ2) is 13.7. The molecule has 2 heterocycles. The Morgan fingerprint density at radius 1 is 0.362 bits per heavy atom. The molecule has 2 aliphatic rings. The summed E-state index contributed by atoms with van der Waals surface area (Å²) in [6.45, 7) is 0. The number of nitrogens with zero attached hydrogens (tertiary/aromatic N) is 4. The first kappa shape index (κ1) is 33.9. The highest BCUT2D eigenvalue weighted by molar-refractivity contribution is 7.99. The number of fused-ring (bicyclic) bond motifs is 9. The van der Waals surface area contributed by atoms with Gasteiger partial charge >= 0.3 is 0 Å². The molecule has 0 saturated carbocycles. The zero-order chi connectivity index (χ0) is 38.6. The lowest BCUT2D eigenvalue weighted by Gasteiger charge is -2.41. The number of hydrogen-bond acceptors (Lipinski definition) is 5. The first-order valence-corrected chi connectivity index (χ1v) is 20.1. The van der Waals surface area contributed by atoms with Crippen LogP contribution in [0.3, 0.4) is 0 Å². The summed E-state index contributed by atoms with van der Waals surface area (Å²) in [5.41, 5.74) is 14.8. The van der Waals surface area contributed by atoms with Crippen LogP contribution in [0.2, 0.25) is 0 Å². The van der Waals surface area contributed by atoms with Gasteiger partial charge in [0, 0.05) is 26.5 Å². The molecule has 5 heteroatoms. The van der Waals surface area contributed by atoms with Crippen LogP contribution in [0.15, 0.2) is 204 Å². The van der Waals surface area contributed by atoms with Gasteiger partial charge in [0.15, 0.2) is 17.5 Å². The van der Waals surface area contributed by atoms with E-state index in [1.165, 1.54) is 43.2 Å². The van der Waals surface area contributed by atoms with Crippen LogP contribution >= 0.6 is 11.8 Å². The molecule has 0 amide bonds. The van der Waals surface area contributed by atoms with E-state index in [1.54, 1.807) is 0 Å². The van der Waals surface area contributed by atoms with Gasteiger partial charge in [-0.25, -0.2) is 15.0 Å². The Kier molecular flexibility index (Phi) is 7.99. The molecular weight excluding hydrogens is 725 g/mol. The third-order valence-corrected chi connectivity index (χ3v) is 12.7. The van der Waals surface area contributed by atoms with E-state index in [0.29, 0.717) is 23.0 Å². The zero-order valence-electron chi connectivity index (χ0n) is 31.2. The number of aromatic nitrogens is 3. The Hall–Kier alpha value is -7.39. The van der Waals surface area contributed by atoms with Gasteiger partial charge in [-0.2, -0.15) is 5.26 Å². The van der Waals surface area contributed by atoms with Gasteiger partial charge in [0.1, 0.15) is 0 Å². The predicted octanol–water partition coefficient (Wildman–Crippen LogP) is 12.9. The van der Waals surface area contributed by atoms with Crippen molar-refractivity contribution in [1.82, 2.24) is 15.0 Å². The monoisotopic (exact) mass is 756 g/mol. The molecule has 8 aromatic carbocycles. The molecule has 1 aromatic heterocycles. The van der Waals surface area contributed by atoms with E-state index in [2.05, 4.69) is 121 Å². The van der Waals surface area contributed by atoms with Gasteiger partial charge in [-0.05, 0) is 73.8 Å². The van der Waals surface area contributed by atoms with Crippen molar-refractivity contribution >= 4 is 11.8 Å². The molecule has 4 nitrogen and oxygen atoms in total. The standard InChI is InChI=1S/C53H32N4S/c54-33-34-15-11-20-37(31-34)40-25-13-29-46-48(40)58-49-41(26-14-30-47(49)53(46)44-27-9-7-23-42(44)43-24-8-10-28-45(43)53)38-21-12-22-39(32-38)52-56-50(35-16-3-1-4-17-35)55-51(57-52)36-18-5-2-6-19-36/h1-32H. The molecular formula is C53H32N4S. The van der Waals surface area contributed by atoms with Gasteiger partial charge < -0.3 is 0 Å². The SMILES string of the molecule is N#Cc1cccc(-c2cccc3c2Sc2c(-c4cccc(-c5nc(-c6ccccc6)nc(-c6ccccc6)n5)c4)cccc2C32c3ccccc3-c3ccccc32)c1. The predicted molar refractivity (Wildman–Crippen MR) is 233 cm³/mol. The lowest BCUT2D eigenvalue weighted by atomic mass is 9.66. The minimum Gasteiger partial charge on any atom is -0.208 e. The van der Waals surface area contributed by atoms with Crippen LogP contribution in [0.4, 0.5) is 0 Å². The van der Waals surface area contributed by atoms with Crippen LogP contribution < -0.4 is 0 Å². The number of benzene rings is 8. The van der Waals surface area contributed by atoms with Gasteiger partial charge in [-0.1, -0.05) is 188 Å². The maximum atomic E-state index is 9.91. The van der Waals surface area contributed by atoms with Crippen molar-refractivity contribution in [3.05, 3.63) is 222 Å². The van der Waals surface area contributed by atoms with Crippen LogP contribution in [0.25, 0.3) is 67.5 Å². The van der Waals surface area contributed by atoms with Crippen LogP contribution in [0.5, 0.6) is 0 Å². The summed E-state index contributed by atoms with van der Waals surface area (Å²) in [5, 5.41) is 9.91. The largest absolute Gasteiger partial charge is 0.208 e. The molecule has 1 aliphatic heterocycles. The molecule has 0 fully saturated rings. The lowest BCUT2D eigenvalue weighted by Crippen LogP contribution is -2.32. The Morgan fingerprint density at radius 3 is 1.31 bits per heavy atom. The fourth-order valence-corrected chi connectivity index (χ4v) is 10.4. The first-order valence-electron chi connectivity index (χ1n) is 19.3. The Balaban J connectivity index is 1.15. The smallest absolute Gasteiger partial charge is 0.164 e. The number of rotatable bonds is 5. The van der Waals surface area contributed by atoms with E-state index in [4.69, 9.17) is 15.0 Å². The van der Waals surface area contributed by atoms with E-state index < -0.39 is 5.41 Å². The Bertz CT molecular complexity index is 3010. The molecule has 0 bridgehead atoms. The van der Waals surface area contributed by atoms with Crippen LogP contribution in [-0.4, -0.2) is 15.0 Å². The molecule has 0 saturated heterocycles. The molecule has 11 rings (SSSR count). The zero-order valence-corrected chi connectivity index (χ0v) is 32.0. The number of hydrogen-bond donors (Lipinski definition) is 0. The third-order valence-electron chi connectivity index (χ3n) is 11.4. The molecule has 9 aromatic rings. The van der Waals surface area contributed by atoms with E-state index >= 15 is 0 Å². The van der Waals surface area contributed by atoms with Crippen molar-refractivity contribution in [2.45, 2.75) is 15.2 Å². The maximum absolute atomic E-state index is 9.91. The first-order chi connectivity index (χ1) is 28.7.